The lowest BCUT2D eigenvalue weighted by molar-refractivity contribution is -0.117. The van der Waals surface area contributed by atoms with E-state index >= 15 is 0 Å². The van der Waals surface area contributed by atoms with Crippen LogP contribution < -0.4 is 4.90 Å². The van der Waals surface area contributed by atoms with Gasteiger partial charge in [0.25, 0.3) is 5.91 Å². The van der Waals surface area contributed by atoms with E-state index in [0.29, 0.717) is 20.7 Å². The van der Waals surface area contributed by atoms with Crippen LogP contribution in [0.4, 0.5) is 5.69 Å². The van der Waals surface area contributed by atoms with Gasteiger partial charge in [-0.2, -0.15) is 0 Å². The van der Waals surface area contributed by atoms with Gasteiger partial charge in [-0.15, -0.1) is 0 Å². The highest BCUT2D eigenvalue weighted by atomic mass is 79.9. The molecular formula is C15H9BrClNO2. The lowest BCUT2D eigenvalue weighted by Crippen LogP contribution is -2.42. The first kappa shape index (κ1) is 13.3. The highest BCUT2D eigenvalue weighted by Crippen LogP contribution is 2.33. The summed E-state index contributed by atoms with van der Waals surface area (Å²) in [4.78, 5) is 26.0. The molecule has 0 bridgehead atoms. The van der Waals surface area contributed by atoms with Crippen molar-refractivity contribution in [1.29, 1.82) is 0 Å². The van der Waals surface area contributed by atoms with Crippen LogP contribution in [-0.4, -0.2) is 11.8 Å². The number of halogens is 2. The van der Waals surface area contributed by atoms with E-state index in [2.05, 4.69) is 15.9 Å². The van der Waals surface area contributed by atoms with Gasteiger partial charge in [-0.1, -0.05) is 29.8 Å². The number of nitrogens with zero attached hydrogens (tertiary/aromatic N) is 1. The van der Waals surface area contributed by atoms with Crippen LogP contribution in [0.2, 0.25) is 5.02 Å². The molecule has 3 rings (SSSR count). The average molecular weight is 351 g/mol. The molecule has 0 aromatic heterocycles. The highest BCUT2D eigenvalue weighted by Gasteiger charge is 2.32. The predicted molar refractivity (Wildman–Crippen MR) is 81.1 cm³/mol. The Hall–Kier alpha value is -1.65. The third kappa shape index (κ3) is 2.15. The number of amides is 2. The first-order valence-corrected chi connectivity index (χ1v) is 7.15. The van der Waals surface area contributed by atoms with E-state index in [1.807, 2.05) is 6.07 Å². The summed E-state index contributed by atoms with van der Waals surface area (Å²) in [6, 6.07) is 12.2. The van der Waals surface area contributed by atoms with Crippen LogP contribution in [0.5, 0.6) is 0 Å². The maximum atomic E-state index is 12.5. The number of imide groups is 1. The third-order valence-corrected chi connectivity index (χ3v) is 4.10. The van der Waals surface area contributed by atoms with Crippen molar-refractivity contribution in [3.8, 4) is 0 Å². The Balaban J connectivity index is 2.14. The first-order chi connectivity index (χ1) is 9.58. The molecule has 5 heteroatoms. The zero-order valence-electron chi connectivity index (χ0n) is 10.3. The molecule has 1 aliphatic rings. The topological polar surface area (TPSA) is 37.4 Å². The second-order valence-corrected chi connectivity index (χ2v) is 5.75. The van der Waals surface area contributed by atoms with Gasteiger partial charge in [-0.05, 0) is 45.8 Å². The van der Waals surface area contributed by atoms with Gasteiger partial charge in [0.2, 0.25) is 5.91 Å². The van der Waals surface area contributed by atoms with E-state index in [1.54, 1.807) is 36.4 Å². The van der Waals surface area contributed by atoms with Crippen molar-refractivity contribution in [3.05, 3.63) is 63.1 Å². The molecule has 0 saturated carbocycles. The summed E-state index contributed by atoms with van der Waals surface area (Å²) in [5.41, 5.74) is 1.79. The Morgan fingerprint density at radius 2 is 1.85 bits per heavy atom. The van der Waals surface area contributed by atoms with Gasteiger partial charge in [0.1, 0.15) is 0 Å². The molecule has 100 valence electrons. The van der Waals surface area contributed by atoms with Crippen LogP contribution in [-0.2, 0) is 11.2 Å². The smallest absolute Gasteiger partial charge is 0.265 e. The van der Waals surface area contributed by atoms with E-state index < -0.39 is 0 Å². The number of benzene rings is 2. The quantitative estimate of drug-likeness (QED) is 0.733. The molecule has 0 spiro atoms. The fourth-order valence-electron chi connectivity index (χ4n) is 2.26. The fraction of sp³-hybridized carbons (Fsp3) is 0.0667. The first-order valence-electron chi connectivity index (χ1n) is 5.98. The van der Waals surface area contributed by atoms with E-state index in [0.717, 1.165) is 5.56 Å². The molecule has 0 aliphatic carbocycles. The molecule has 2 aromatic rings. The van der Waals surface area contributed by atoms with Gasteiger partial charge in [0, 0.05) is 15.1 Å². The Labute approximate surface area is 129 Å². The van der Waals surface area contributed by atoms with Gasteiger partial charge >= 0.3 is 0 Å². The predicted octanol–water partition coefficient (Wildman–Crippen LogP) is 3.83. The maximum absolute atomic E-state index is 12.5. The number of hydrogen-bond acceptors (Lipinski definition) is 2. The minimum Gasteiger partial charge on any atom is -0.274 e. The monoisotopic (exact) mass is 349 g/mol. The molecular weight excluding hydrogens is 342 g/mol. The lowest BCUT2D eigenvalue weighted by atomic mass is 9.98. The molecule has 0 saturated heterocycles. The number of rotatable bonds is 1. The largest absolute Gasteiger partial charge is 0.274 e. The summed E-state index contributed by atoms with van der Waals surface area (Å²) >= 11 is 9.32. The van der Waals surface area contributed by atoms with Gasteiger partial charge in [0.05, 0.1) is 12.1 Å². The van der Waals surface area contributed by atoms with Gasteiger partial charge in [0.15, 0.2) is 0 Å². The Kier molecular flexibility index (Phi) is 3.36. The molecule has 1 aliphatic heterocycles. The van der Waals surface area contributed by atoms with Gasteiger partial charge in [-0.25, -0.2) is 4.90 Å². The van der Waals surface area contributed by atoms with Gasteiger partial charge in [-0.3, -0.25) is 9.59 Å². The lowest BCUT2D eigenvalue weighted by Gasteiger charge is -2.27. The molecule has 2 amide bonds. The summed E-state index contributed by atoms with van der Waals surface area (Å²) in [5, 5.41) is 0.475. The molecule has 1 heterocycles. The number of anilines is 1. The number of carbonyl (C=O) groups is 2. The van der Waals surface area contributed by atoms with Crippen LogP contribution in [0.3, 0.4) is 0 Å². The van der Waals surface area contributed by atoms with Gasteiger partial charge < -0.3 is 0 Å². The second-order valence-electron chi connectivity index (χ2n) is 4.46. The zero-order chi connectivity index (χ0) is 14.3. The number of fused-ring (bicyclic) bond motifs is 1. The summed E-state index contributed by atoms with van der Waals surface area (Å²) in [6.07, 6.45) is 0.209. The summed E-state index contributed by atoms with van der Waals surface area (Å²) in [7, 11) is 0. The Morgan fingerprint density at radius 1 is 1.10 bits per heavy atom. The Morgan fingerprint density at radius 3 is 2.65 bits per heavy atom. The number of carbonyl (C=O) groups excluding carboxylic acids is 2. The Bertz CT molecular complexity index is 730. The summed E-state index contributed by atoms with van der Waals surface area (Å²) in [6.45, 7) is 0. The normalized spacial score (nSPS) is 14.4. The minimum absolute atomic E-state index is 0.209. The van der Waals surface area contributed by atoms with Crippen LogP contribution in [0, 0.1) is 0 Å². The molecule has 0 radical (unpaired) electrons. The molecule has 3 nitrogen and oxygen atoms in total. The zero-order valence-corrected chi connectivity index (χ0v) is 12.6. The van der Waals surface area contributed by atoms with Crippen molar-refractivity contribution in [2.75, 3.05) is 4.90 Å². The molecule has 0 fully saturated rings. The van der Waals surface area contributed by atoms with Crippen molar-refractivity contribution in [2.24, 2.45) is 0 Å². The molecule has 20 heavy (non-hydrogen) atoms. The van der Waals surface area contributed by atoms with E-state index in [-0.39, 0.29) is 18.2 Å². The van der Waals surface area contributed by atoms with E-state index in [4.69, 9.17) is 11.6 Å². The van der Waals surface area contributed by atoms with Crippen LogP contribution in [0.15, 0.2) is 46.9 Å². The van der Waals surface area contributed by atoms with Crippen molar-refractivity contribution in [1.82, 2.24) is 0 Å². The fourth-order valence-corrected chi connectivity index (χ4v) is 2.85. The van der Waals surface area contributed by atoms with Crippen LogP contribution in [0.25, 0.3) is 0 Å². The molecule has 0 atom stereocenters. The van der Waals surface area contributed by atoms with Crippen LogP contribution in [0.1, 0.15) is 15.9 Å². The summed E-state index contributed by atoms with van der Waals surface area (Å²) < 4.78 is 0.656. The van der Waals surface area contributed by atoms with E-state index in [9.17, 15) is 9.59 Å². The minimum atomic E-state index is -0.320. The molecule has 2 aromatic carbocycles. The second kappa shape index (κ2) is 5.04. The van der Waals surface area contributed by atoms with Crippen molar-refractivity contribution < 1.29 is 9.59 Å². The maximum Gasteiger partial charge on any atom is 0.265 e. The standard InChI is InChI=1S/C15H9BrClNO2/c16-12-6-5-10(17)8-13(12)18-14(19)7-9-3-1-2-4-11(9)15(18)20/h1-6,8H,7H2. The highest BCUT2D eigenvalue weighted by molar-refractivity contribution is 9.10. The average Bonchev–Trinajstić information content (AvgIpc) is 2.42. The number of hydrogen-bond donors (Lipinski definition) is 0. The van der Waals surface area contributed by atoms with Crippen molar-refractivity contribution in [3.63, 3.8) is 0 Å². The van der Waals surface area contributed by atoms with E-state index in [1.165, 1.54) is 4.90 Å². The molecule has 0 unspecified atom stereocenters. The van der Waals surface area contributed by atoms with Crippen LogP contribution >= 0.6 is 27.5 Å². The van der Waals surface area contributed by atoms with Crippen molar-refractivity contribution >= 4 is 45.0 Å². The third-order valence-electron chi connectivity index (χ3n) is 3.19. The summed E-state index contributed by atoms with van der Waals surface area (Å²) in [5.74, 6) is -0.573. The molecule has 0 N–H and O–H groups in total. The van der Waals surface area contributed by atoms with Crippen molar-refractivity contribution in [2.45, 2.75) is 6.42 Å². The SMILES string of the molecule is O=C1Cc2ccccc2C(=O)N1c1cc(Cl)ccc1Br.